The number of rotatable bonds is 3. The molecule has 0 saturated carbocycles. The summed E-state index contributed by atoms with van der Waals surface area (Å²) in [5.74, 6) is -0.625. The number of hydrogen-bond donors (Lipinski definition) is 1. The molecular formula is C8H6BrN3O3S. The fourth-order valence-corrected chi connectivity index (χ4v) is 2.56. The molecule has 2 N–H and O–H groups in total. The number of hydrogen-bond acceptors (Lipinski definition) is 3. The predicted octanol–water partition coefficient (Wildman–Crippen LogP) is 0.580. The minimum Gasteiger partial charge on any atom is -0.361 e. The Labute approximate surface area is 99.9 Å². The van der Waals surface area contributed by atoms with E-state index < -0.39 is 15.8 Å². The number of nitrogens with two attached hydrogens (primary N) is 1. The summed E-state index contributed by atoms with van der Waals surface area (Å²) in [7, 11) is -3.91. The van der Waals surface area contributed by atoms with E-state index >= 15 is 0 Å². The van der Waals surface area contributed by atoms with Crippen LogP contribution in [0.3, 0.4) is 0 Å². The number of carbonyl (C=O) groups excluding carboxylic acids is 1. The van der Waals surface area contributed by atoms with Crippen molar-refractivity contribution in [2.75, 3.05) is 0 Å². The van der Waals surface area contributed by atoms with Gasteiger partial charge in [0.1, 0.15) is 0 Å². The third-order valence-corrected chi connectivity index (χ3v) is 3.60. The molecule has 1 rings (SSSR count). The van der Waals surface area contributed by atoms with Crippen LogP contribution in [0.5, 0.6) is 0 Å². The van der Waals surface area contributed by atoms with Crippen LogP contribution in [0, 0.1) is 0 Å². The molecular weight excluding hydrogens is 298 g/mol. The minimum atomic E-state index is -3.91. The highest BCUT2D eigenvalue weighted by atomic mass is 79.9. The van der Waals surface area contributed by atoms with Gasteiger partial charge in [-0.2, -0.15) is 4.79 Å². The van der Waals surface area contributed by atoms with Gasteiger partial charge in [-0.3, -0.25) is 4.79 Å². The van der Waals surface area contributed by atoms with E-state index in [1.165, 1.54) is 12.1 Å². The topological polar surface area (TPSA) is 114 Å². The molecule has 0 amide bonds. The van der Waals surface area contributed by atoms with Crippen LogP contribution in [0.4, 0.5) is 0 Å². The molecule has 0 bridgehead atoms. The van der Waals surface area contributed by atoms with Gasteiger partial charge in [0.25, 0.3) is 5.78 Å². The van der Waals surface area contributed by atoms with Crippen molar-refractivity contribution in [2.24, 2.45) is 5.14 Å². The lowest BCUT2D eigenvalue weighted by Gasteiger charge is -2.02. The SMILES string of the molecule is [N-]=[N+]=CC(=O)c1ccc(Br)c(S(N)(=O)=O)c1. The van der Waals surface area contributed by atoms with E-state index in [9.17, 15) is 13.2 Å². The molecule has 0 fully saturated rings. The van der Waals surface area contributed by atoms with E-state index in [1.54, 1.807) is 0 Å². The third-order valence-electron chi connectivity index (χ3n) is 1.70. The molecule has 1 aromatic carbocycles. The summed E-state index contributed by atoms with van der Waals surface area (Å²) >= 11 is 3.00. The second kappa shape index (κ2) is 4.67. The quantitative estimate of drug-likeness (QED) is 0.381. The summed E-state index contributed by atoms with van der Waals surface area (Å²) < 4.78 is 22.5. The summed E-state index contributed by atoms with van der Waals surface area (Å²) in [4.78, 5) is 13.6. The molecule has 0 spiro atoms. The Kier molecular flexibility index (Phi) is 3.71. The first-order valence-electron chi connectivity index (χ1n) is 3.90. The van der Waals surface area contributed by atoms with Gasteiger partial charge in [0.15, 0.2) is 0 Å². The second-order valence-electron chi connectivity index (χ2n) is 2.80. The van der Waals surface area contributed by atoms with Gasteiger partial charge < -0.3 is 5.53 Å². The van der Waals surface area contributed by atoms with E-state index in [-0.39, 0.29) is 14.9 Å². The largest absolute Gasteiger partial charge is 0.361 e. The highest BCUT2D eigenvalue weighted by Crippen LogP contribution is 2.21. The molecule has 0 heterocycles. The van der Waals surface area contributed by atoms with Crippen molar-refractivity contribution in [1.29, 1.82) is 0 Å². The van der Waals surface area contributed by atoms with Gasteiger partial charge in [0.2, 0.25) is 10.0 Å². The van der Waals surface area contributed by atoms with Crippen LogP contribution in [0.15, 0.2) is 27.6 Å². The molecule has 6 nitrogen and oxygen atoms in total. The maximum atomic E-state index is 11.3. The fraction of sp³-hybridized carbons (Fsp3) is 0. The average molecular weight is 304 g/mol. The Bertz CT molecular complexity index is 591. The van der Waals surface area contributed by atoms with Gasteiger partial charge in [-0.25, -0.2) is 13.6 Å². The van der Waals surface area contributed by atoms with Crippen LogP contribution < -0.4 is 5.14 Å². The average Bonchev–Trinajstić information content (AvgIpc) is 2.16. The van der Waals surface area contributed by atoms with Crippen molar-refractivity contribution < 1.29 is 18.0 Å². The number of Topliss-reactive ketones (excluding diaryl/α,β-unsaturated/α-hetero) is 1. The lowest BCUT2D eigenvalue weighted by Crippen LogP contribution is -2.14. The van der Waals surface area contributed by atoms with Crippen molar-refractivity contribution in [3.63, 3.8) is 0 Å². The molecule has 0 saturated heterocycles. The van der Waals surface area contributed by atoms with Crippen molar-refractivity contribution >= 4 is 38.0 Å². The molecule has 0 radical (unpaired) electrons. The lowest BCUT2D eigenvalue weighted by molar-refractivity contribution is 0.00234. The number of ketones is 1. The number of benzene rings is 1. The standard InChI is InChI=1S/C8H6BrN3O3S/c9-6-2-1-5(7(13)4-12-10)3-8(6)16(11,14)15/h1-4H,(H2,11,14,15). The van der Waals surface area contributed by atoms with Gasteiger partial charge in [-0.05, 0) is 34.1 Å². The fourth-order valence-electron chi connectivity index (χ4n) is 1.00. The Morgan fingerprint density at radius 1 is 1.50 bits per heavy atom. The van der Waals surface area contributed by atoms with E-state index in [1.807, 2.05) is 0 Å². The monoisotopic (exact) mass is 303 g/mol. The number of halogens is 1. The van der Waals surface area contributed by atoms with Crippen LogP contribution in [0.25, 0.3) is 5.53 Å². The number of primary sulfonamides is 1. The molecule has 0 aliphatic carbocycles. The van der Waals surface area contributed by atoms with Crippen LogP contribution in [-0.2, 0) is 10.0 Å². The maximum absolute atomic E-state index is 11.3. The zero-order valence-electron chi connectivity index (χ0n) is 7.79. The summed E-state index contributed by atoms with van der Waals surface area (Å²) in [6.45, 7) is 0. The molecule has 1 aromatic rings. The van der Waals surface area contributed by atoms with E-state index in [0.717, 1.165) is 6.07 Å². The predicted molar refractivity (Wildman–Crippen MR) is 59.5 cm³/mol. The van der Waals surface area contributed by atoms with E-state index in [2.05, 4.69) is 20.7 Å². The maximum Gasteiger partial charge on any atom is 0.328 e. The van der Waals surface area contributed by atoms with Crippen LogP contribution in [0.1, 0.15) is 10.4 Å². The van der Waals surface area contributed by atoms with Crippen molar-refractivity contribution in [3.8, 4) is 0 Å². The summed E-state index contributed by atoms with van der Waals surface area (Å²) in [6, 6.07) is 3.85. The Hall–Kier alpha value is -1.34. The van der Waals surface area contributed by atoms with Crippen molar-refractivity contribution in [2.45, 2.75) is 4.90 Å². The zero-order valence-corrected chi connectivity index (χ0v) is 10.2. The molecule has 0 aliphatic heterocycles. The van der Waals surface area contributed by atoms with Gasteiger partial charge in [-0.15, -0.1) is 0 Å². The number of sulfonamides is 1. The highest BCUT2D eigenvalue weighted by Gasteiger charge is 2.16. The molecule has 0 aromatic heterocycles. The molecule has 16 heavy (non-hydrogen) atoms. The first kappa shape index (κ1) is 12.7. The van der Waals surface area contributed by atoms with Crippen molar-refractivity contribution in [3.05, 3.63) is 33.8 Å². The smallest absolute Gasteiger partial charge is 0.328 e. The lowest BCUT2D eigenvalue weighted by atomic mass is 10.1. The molecule has 0 unspecified atom stereocenters. The van der Waals surface area contributed by atoms with Crippen LogP contribution in [0.2, 0.25) is 0 Å². The second-order valence-corrected chi connectivity index (χ2v) is 5.18. The summed E-state index contributed by atoms with van der Waals surface area (Å²) in [5.41, 5.74) is 8.24. The first-order valence-corrected chi connectivity index (χ1v) is 6.24. The normalized spacial score (nSPS) is 10.6. The minimum absolute atomic E-state index is 0.0602. The molecule has 8 heteroatoms. The first-order chi connectivity index (χ1) is 7.36. The van der Waals surface area contributed by atoms with Gasteiger partial charge in [0, 0.05) is 10.0 Å². The van der Waals surface area contributed by atoms with E-state index in [4.69, 9.17) is 10.7 Å². The number of carbonyl (C=O) groups is 1. The Morgan fingerprint density at radius 3 is 2.62 bits per heavy atom. The number of nitrogens with zero attached hydrogens (tertiary/aromatic N) is 2. The molecule has 0 atom stereocenters. The Balaban J connectivity index is 3.39. The van der Waals surface area contributed by atoms with Crippen molar-refractivity contribution in [1.82, 2.24) is 0 Å². The third kappa shape index (κ3) is 2.83. The molecule has 84 valence electrons. The van der Waals surface area contributed by atoms with E-state index in [0.29, 0.717) is 6.21 Å². The summed E-state index contributed by atoms with van der Waals surface area (Å²) in [5, 5.41) is 4.95. The Morgan fingerprint density at radius 2 is 2.12 bits per heavy atom. The van der Waals surface area contributed by atoms with Gasteiger partial charge >= 0.3 is 6.21 Å². The van der Waals surface area contributed by atoms with Gasteiger partial charge in [-0.1, -0.05) is 0 Å². The zero-order chi connectivity index (χ0) is 12.3. The molecule has 0 aliphatic rings. The van der Waals surface area contributed by atoms with Crippen LogP contribution in [-0.4, -0.2) is 25.2 Å². The highest BCUT2D eigenvalue weighted by molar-refractivity contribution is 9.10. The van der Waals surface area contributed by atoms with Crippen LogP contribution >= 0.6 is 15.9 Å². The summed E-state index contributed by atoms with van der Waals surface area (Å²) in [6.07, 6.45) is 0.663. The van der Waals surface area contributed by atoms with Gasteiger partial charge in [0.05, 0.1) is 4.90 Å².